The van der Waals surface area contributed by atoms with Gasteiger partial charge in [-0.25, -0.2) is 0 Å². The van der Waals surface area contributed by atoms with Crippen molar-refractivity contribution in [2.75, 3.05) is 13.7 Å². The number of ether oxygens (including phenoxy) is 1. The van der Waals surface area contributed by atoms with Crippen LogP contribution in [0.3, 0.4) is 0 Å². The standard InChI is InChI=1S/C17H26N2O3/c1-3-4-5-6-7-11-18-16(20)17(21)19-13-14-9-8-10-15(12-14)22-2/h8-10,12H,3-7,11,13H2,1-2H3,(H,18,20)(H,19,21). The Hall–Kier alpha value is -2.04. The smallest absolute Gasteiger partial charge is 0.309 e. The van der Waals surface area contributed by atoms with E-state index < -0.39 is 11.8 Å². The first-order valence-corrected chi connectivity index (χ1v) is 7.86. The van der Waals surface area contributed by atoms with Crippen LogP contribution in [0.1, 0.15) is 44.6 Å². The number of nitrogens with one attached hydrogen (secondary N) is 2. The Balaban J connectivity index is 2.22. The number of methoxy groups -OCH3 is 1. The van der Waals surface area contributed by atoms with E-state index in [2.05, 4.69) is 17.6 Å². The van der Waals surface area contributed by atoms with E-state index in [1.54, 1.807) is 7.11 Å². The van der Waals surface area contributed by atoms with E-state index in [0.717, 1.165) is 24.2 Å². The first-order valence-electron chi connectivity index (χ1n) is 7.86. The second-order valence-electron chi connectivity index (χ2n) is 5.20. The number of carbonyl (C=O) groups excluding carboxylic acids is 2. The Morgan fingerprint density at radius 3 is 2.50 bits per heavy atom. The van der Waals surface area contributed by atoms with Crippen molar-refractivity contribution in [3.05, 3.63) is 29.8 Å². The van der Waals surface area contributed by atoms with Crippen LogP contribution in [0, 0.1) is 0 Å². The van der Waals surface area contributed by atoms with E-state index in [1.165, 1.54) is 19.3 Å². The van der Waals surface area contributed by atoms with Crippen LogP contribution < -0.4 is 15.4 Å². The predicted octanol–water partition coefficient (Wildman–Crippen LogP) is 2.40. The molecule has 0 radical (unpaired) electrons. The van der Waals surface area contributed by atoms with E-state index in [4.69, 9.17) is 4.74 Å². The minimum Gasteiger partial charge on any atom is -0.497 e. The molecule has 0 aliphatic carbocycles. The topological polar surface area (TPSA) is 67.4 Å². The monoisotopic (exact) mass is 306 g/mol. The molecule has 2 N–H and O–H groups in total. The van der Waals surface area contributed by atoms with Gasteiger partial charge in [-0.1, -0.05) is 44.7 Å². The number of hydrogen-bond donors (Lipinski definition) is 2. The van der Waals surface area contributed by atoms with Crippen LogP contribution in [-0.4, -0.2) is 25.5 Å². The van der Waals surface area contributed by atoms with Crippen molar-refractivity contribution in [1.82, 2.24) is 10.6 Å². The van der Waals surface area contributed by atoms with E-state index in [0.29, 0.717) is 13.1 Å². The van der Waals surface area contributed by atoms with Crippen LogP contribution in [-0.2, 0) is 16.1 Å². The summed E-state index contributed by atoms with van der Waals surface area (Å²) in [5.74, 6) is -0.446. The van der Waals surface area contributed by atoms with Gasteiger partial charge in [-0.2, -0.15) is 0 Å². The Labute approximate surface area is 132 Å². The van der Waals surface area contributed by atoms with Crippen molar-refractivity contribution in [3.8, 4) is 5.75 Å². The largest absolute Gasteiger partial charge is 0.497 e. The molecule has 1 rings (SSSR count). The van der Waals surface area contributed by atoms with Crippen molar-refractivity contribution in [2.45, 2.75) is 45.6 Å². The quantitative estimate of drug-likeness (QED) is 0.544. The highest BCUT2D eigenvalue weighted by Crippen LogP contribution is 2.11. The summed E-state index contributed by atoms with van der Waals surface area (Å²) in [6.07, 6.45) is 5.58. The molecule has 2 amide bonds. The number of carbonyl (C=O) groups is 2. The first-order chi connectivity index (χ1) is 10.7. The predicted molar refractivity (Wildman–Crippen MR) is 86.6 cm³/mol. The molecule has 5 nitrogen and oxygen atoms in total. The van der Waals surface area contributed by atoms with Crippen molar-refractivity contribution in [1.29, 1.82) is 0 Å². The van der Waals surface area contributed by atoms with Gasteiger partial charge < -0.3 is 15.4 Å². The summed E-state index contributed by atoms with van der Waals surface area (Å²) in [6, 6.07) is 7.37. The van der Waals surface area contributed by atoms with Crippen LogP contribution in [0.15, 0.2) is 24.3 Å². The van der Waals surface area contributed by atoms with Gasteiger partial charge in [0.2, 0.25) is 0 Å². The summed E-state index contributed by atoms with van der Waals surface area (Å²) in [5.41, 5.74) is 0.889. The first kappa shape index (κ1) is 18.0. The molecule has 122 valence electrons. The zero-order valence-corrected chi connectivity index (χ0v) is 13.5. The van der Waals surface area contributed by atoms with Crippen LogP contribution in [0.5, 0.6) is 5.75 Å². The van der Waals surface area contributed by atoms with E-state index in [1.807, 2.05) is 24.3 Å². The second-order valence-corrected chi connectivity index (χ2v) is 5.20. The Kier molecular flexibility index (Phi) is 8.72. The van der Waals surface area contributed by atoms with Crippen molar-refractivity contribution >= 4 is 11.8 Å². The van der Waals surface area contributed by atoms with Crippen LogP contribution >= 0.6 is 0 Å². The van der Waals surface area contributed by atoms with E-state index in [-0.39, 0.29) is 0 Å². The zero-order chi connectivity index (χ0) is 16.2. The van der Waals surface area contributed by atoms with Gasteiger partial charge in [-0.15, -0.1) is 0 Å². The molecule has 0 fully saturated rings. The Bertz CT molecular complexity index is 475. The molecule has 0 spiro atoms. The average molecular weight is 306 g/mol. The van der Waals surface area contributed by atoms with Gasteiger partial charge in [0, 0.05) is 13.1 Å². The molecular weight excluding hydrogens is 280 g/mol. The number of amides is 2. The normalized spacial score (nSPS) is 10.1. The van der Waals surface area contributed by atoms with E-state index in [9.17, 15) is 9.59 Å². The van der Waals surface area contributed by atoms with Crippen molar-refractivity contribution in [3.63, 3.8) is 0 Å². The maximum atomic E-state index is 11.7. The fourth-order valence-corrected chi connectivity index (χ4v) is 2.06. The summed E-state index contributed by atoms with van der Waals surface area (Å²) in [4.78, 5) is 23.3. The summed E-state index contributed by atoms with van der Waals surface area (Å²) in [5, 5.41) is 5.25. The van der Waals surface area contributed by atoms with Crippen LogP contribution in [0.2, 0.25) is 0 Å². The average Bonchev–Trinajstić information content (AvgIpc) is 2.55. The number of benzene rings is 1. The number of hydrogen-bond acceptors (Lipinski definition) is 3. The van der Waals surface area contributed by atoms with Crippen molar-refractivity contribution < 1.29 is 14.3 Å². The molecule has 0 bridgehead atoms. The second kappa shape index (κ2) is 10.7. The lowest BCUT2D eigenvalue weighted by Crippen LogP contribution is -2.39. The van der Waals surface area contributed by atoms with Gasteiger partial charge in [-0.3, -0.25) is 9.59 Å². The molecular formula is C17H26N2O3. The summed E-state index contributed by atoms with van der Waals surface area (Å²) >= 11 is 0. The molecule has 0 unspecified atom stereocenters. The Morgan fingerprint density at radius 2 is 1.77 bits per heavy atom. The van der Waals surface area contributed by atoms with Crippen molar-refractivity contribution in [2.24, 2.45) is 0 Å². The summed E-state index contributed by atoms with van der Waals surface area (Å²) in [6.45, 7) is 3.02. The SMILES string of the molecule is CCCCCCCNC(=O)C(=O)NCc1cccc(OC)c1. The third-order valence-electron chi connectivity index (χ3n) is 3.36. The molecule has 1 aromatic carbocycles. The van der Waals surface area contributed by atoms with E-state index >= 15 is 0 Å². The highest BCUT2D eigenvalue weighted by Gasteiger charge is 2.12. The van der Waals surface area contributed by atoms with Gasteiger partial charge in [-0.05, 0) is 24.1 Å². The van der Waals surface area contributed by atoms with Crippen LogP contribution in [0.4, 0.5) is 0 Å². The molecule has 0 aliphatic rings. The molecule has 0 saturated carbocycles. The molecule has 22 heavy (non-hydrogen) atoms. The minimum absolute atomic E-state index is 0.306. The molecule has 0 heterocycles. The minimum atomic E-state index is -0.601. The Morgan fingerprint density at radius 1 is 1.05 bits per heavy atom. The molecule has 0 saturated heterocycles. The fraction of sp³-hybridized carbons (Fsp3) is 0.529. The number of rotatable bonds is 9. The van der Waals surface area contributed by atoms with Gasteiger partial charge in [0.25, 0.3) is 0 Å². The van der Waals surface area contributed by atoms with Gasteiger partial charge in [0.05, 0.1) is 7.11 Å². The lowest BCUT2D eigenvalue weighted by Gasteiger charge is -2.07. The highest BCUT2D eigenvalue weighted by atomic mass is 16.5. The maximum absolute atomic E-state index is 11.7. The van der Waals surface area contributed by atoms with Gasteiger partial charge >= 0.3 is 11.8 Å². The maximum Gasteiger partial charge on any atom is 0.309 e. The molecule has 0 atom stereocenters. The van der Waals surface area contributed by atoms with Gasteiger partial charge in [0.1, 0.15) is 5.75 Å². The third-order valence-corrected chi connectivity index (χ3v) is 3.36. The summed E-state index contributed by atoms with van der Waals surface area (Å²) in [7, 11) is 1.59. The highest BCUT2D eigenvalue weighted by molar-refractivity contribution is 6.35. The lowest BCUT2D eigenvalue weighted by molar-refractivity contribution is -0.139. The lowest BCUT2D eigenvalue weighted by atomic mass is 10.1. The molecule has 0 aliphatic heterocycles. The van der Waals surface area contributed by atoms with Gasteiger partial charge in [0.15, 0.2) is 0 Å². The fourth-order valence-electron chi connectivity index (χ4n) is 2.06. The zero-order valence-electron chi connectivity index (χ0n) is 13.5. The molecule has 0 aromatic heterocycles. The molecule has 5 heteroatoms. The van der Waals surface area contributed by atoms with Crippen LogP contribution in [0.25, 0.3) is 0 Å². The summed E-state index contributed by atoms with van der Waals surface area (Å²) < 4.78 is 5.11. The third kappa shape index (κ3) is 7.11. The number of unbranched alkanes of at least 4 members (excludes halogenated alkanes) is 4. The molecule has 1 aromatic rings.